The molecule has 0 N–H and O–H groups in total. The number of nitrogens with zero attached hydrogens (tertiary/aromatic N) is 1. The van der Waals surface area contributed by atoms with Gasteiger partial charge in [-0.2, -0.15) is 0 Å². The first-order chi connectivity index (χ1) is 8.69. The summed E-state index contributed by atoms with van der Waals surface area (Å²) in [4.78, 5) is 13.5. The van der Waals surface area contributed by atoms with E-state index in [9.17, 15) is 4.79 Å². The molecule has 1 saturated carbocycles. The van der Waals surface area contributed by atoms with E-state index in [0.717, 1.165) is 19.0 Å². The van der Waals surface area contributed by atoms with Crippen molar-refractivity contribution in [2.45, 2.75) is 45.4 Å². The van der Waals surface area contributed by atoms with E-state index in [0.29, 0.717) is 11.2 Å². The first-order valence-corrected chi connectivity index (χ1v) is 7.04. The Hall–Kier alpha value is -1.25. The second kappa shape index (κ2) is 4.45. The number of hydrogen-bond donors (Lipinski definition) is 0. The lowest BCUT2D eigenvalue weighted by Crippen LogP contribution is -2.38. The Bertz CT molecular complexity index is 433. The van der Waals surface area contributed by atoms with Crippen molar-refractivity contribution in [3.63, 3.8) is 0 Å². The van der Waals surface area contributed by atoms with Gasteiger partial charge in [0.2, 0.25) is 0 Å². The summed E-state index contributed by atoms with van der Waals surface area (Å²) in [6.07, 6.45) is 8.21. The Morgan fingerprint density at radius 3 is 2.39 bits per heavy atom. The number of carbonyl (C=O) groups excluding carboxylic acids is 1. The largest absolute Gasteiger partial charge is 0.437 e. The van der Waals surface area contributed by atoms with Crippen LogP contribution in [0.4, 0.5) is 5.88 Å². The van der Waals surface area contributed by atoms with Crippen LogP contribution < -0.4 is 4.90 Å². The van der Waals surface area contributed by atoms with Crippen molar-refractivity contribution < 1.29 is 9.21 Å². The Kier molecular flexibility index (Phi) is 2.92. The minimum absolute atomic E-state index is 0.00511. The van der Waals surface area contributed by atoms with Crippen molar-refractivity contribution in [3.05, 3.63) is 17.9 Å². The van der Waals surface area contributed by atoms with Crippen molar-refractivity contribution in [3.8, 4) is 0 Å². The molecule has 18 heavy (non-hydrogen) atoms. The van der Waals surface area contributed by atoms with E-state index in [2.05, 4.69) is 4.90 Å². The summed E-state index contributed by atoms with van der Waals surface area (Å²) < 4.78 is 5.61. The molecule has 3 heteroatoms. The number of carbonyl (C=O) groups is 1. The first-order valence-electron chi connectivity index (χ1n) is 7.04. The fourth-order valence-corrected chi connectivity index (χ4v) is 3.51. The van der Waals surface area contributed by atoms with Gasteiger partial charge in [0, 0.05) is 26.1 Å². The zero-order valence-electron chi connectivity index (χ0n) is 11.1. The highest BCUT2D eigenvalue weighted by atomic mass is 16.4. The van der Waals surface area contributed by atoms with Gasteiger partial charge in [-0.15, -0.1) is 0 Å². The van der Waals surface area contributed by atoms with E-state index in [1.807, 2.05) is 6.07 Å². The Morgan fingerprint density at radius 1 is 1.17 bits per heavy atom. The molecule has 1 aliphatic carbocycles. The van der Waals surface area contributed by atoms with Gasteiger partial charge in [-0.25, -0.2) is 0 Å². The molecule has 0 bridgehead atoms. The van der Waals surface area contributed by atoms with Crippen LogP contribution in [-0.2, 0) is 0 Å². The summed E-state index contributed by atoms with van der Waals surface area (Å²) >= 11 is 0. The molecular formula is C15H21NO2. The number of hydrogen-bond acceptors (Lipinski definition) is 3. The van der Waals surface area contributed by atoms with E-state index in [1.54, 1.807) is 13.0 Å². The summed E-state index contributed by atoms with van der Waals surface area (Å²) in [5.74, 6) is 1.35. The lowest BCUT2D eigenvalue weighted by Gasteiger charge is -2.39. The van der Waals surface area contributed by atoms with Crippen LogP contribution in [0.3, 0.4) is 0 Å². The summed E-state index contributed by atoms with van der Waals surface area (Å²) in [6, 6.07) is 3.72. The van der Waals surface area contributed by atoms with Gasteiger partial charge in [-0.05, 0) is 37.2 Å². The monoisotopic (exact) mass is 247 g/mol. The van der Waals surface area contributed by atoms with Crippen LogP contribution in [-0.4, -0.2) is 18.9 Å². The molecule has 0 aromatic carbocycles. The van der Waals surface area contributed by atoms with Crippen LogP contribution in [0.5, 0.6) is 0 Å². The molecule has 0 amide bonds. The molecule has 0 unspecified atom stereocenters. The minimum Gasteiger partial charge on any atom is -0.437 e. The number of piperidine rings is 1. The molecule has 98 valence electrons. The third kappa shape index (κ3) is 2.06. The molecule has 0 atom stereocenters. The SMILES string of the molecule is CC(=O)c1ccc(N2CCC3(CCCC3)CC2)o1. The van der Waals surface area contributed by atoms with Crippen LogP contribution >= 0.6 is 0 Å². The molecule has 1 saturated heterocycles. The Balaban J connectivity index is 1.66. The topological polar surface area (TPSA) is 33.5 Å². The molecule has 1 spiro atoms. The molecule has 1 aliphatic heterocycles. The Labute approximate surface area is 108 Å². The van der Waals surface area contributed by atoms with Gasteiger partial charge >= 0.3 is 0 Å². The van der Waals surface area contributed by atoms with Crippen LogP contribution in [0.2, 0.25) is 0 Å². The smallest absolute Gasteiger partial charge is 0.196 e. The first kappa shape index (κ1) is 11.8. The number of furan rings is 1. The second-order valence-electron chi connectivity index (χ2n) is 5.89. The predicted octanol–water partition coefficient (Wildman–Crippen LogP) is 3.64. The zero-order chi connectivity index (χ0) is 12.6. The van der Waals surface area contributed by atoms with Crippen molar-refractivity contribution in [1.29, 1.82) is 0 Å². The second-order valence-corrected chi connectivity index (χ2v) is 5.89. The van der Waals surface area contributed by atoms with Crippen LogP contribution in [0.25, 0.3) is 0 Å². The average Bonchev–Trinajstić information content (AvgIpc) is 3.00. The maximum Gasteiger partial charge on any atom is 0.196 e. The zero-order valence-corrected chi connectivity index (χ0v) is 11.1. The van der Waals surface area contributed by atoms with Crippen molar-refractivity contribution in [2.75, 3.05) is 18.0 Å². The number of Topliss-reactive ketones (excluding diaryl/α,β-unsaturated/α-hetero) is 1. The highest BCUT2D eigenvalue weighted by Crippen LogP contribution is 2.46. The standard InChI is InChI=1S/C15H21NO2/c1-12(17)13-4-5-14(18-13)16-10-8-15(9-11-16)6-2-3-7-15/h4-5H,2-3,6-11H2,1H3. The van der Waals surface area contributed by atoms with Gasteiger partial charge in [-0.1, -0.05) is 12.8 Å². The van der Waals surface area contributed by atoms with Crippen molar-refractivity contribution in [1.82, 2.24) is 0 Å². The molecule has 2 aliphatic rings. The fraction of sp³-hybridized carbons (Fsp3) is 0.667. The molecule has 2 fully saturated rings. The van der Waals surface area contributed by atoms with Gasteiger partial charge in [0.1, 0.15) is 0 Å². The van der Waals surface area contributed by atoms with Gasteiger partial charge in [0.05, 0.1) is 0 Å². The average molecular weight is 247 g/mol. The van der Waals surface area contributed by atoms with E-state index in [-0.39, 0.29) is 5.78 Å². The summed E-state index contributed by atoms with van der Waals surface area (Å²) in [7, 11) is 0. The van der Waals surface area contributed by atoms with Gasteiger partial charge in [0.15, 0.2) is 17.4 Å². The normalized spacial score (nSPS) is 22.6. The molecule has 0 radical (unpaired) electrons. The number of anilines is 1. The molecule has 2 heterocycles. The third-order valence-corrected chi connectivity index (χ3v) is 4.74. The van der Waals surface area contributed by atoms with Crippen molar-refractivity contribution in [2.24, 2.45) is 5.41 Å². The number of ketones is 1. The highest BCUT2D eigenvalue weighted by molar-refractivity contribution is 5.91. The summed E-state index contributed by atoms with van der Waals surface area (Å²) in [6.45, 7) is 3.70. The van der Waals surface area contributed by atoms with E-state index in [1.165, 1.54) is 38.5 Å². The molecular weight excluding hydrogens is 226 g/mol. The molecule has 3 nitrogen and oxygen atoms in total. The van der Waals surface area contributed by atoms with Gasteiger partial charge < -0.3 is 9.32 Å². The summed E-state index contributed by atoms with van der Waals surface area (Å²) in [5, 5.41) is 0. The van der Waals surface area contributed by atoms with E-state index < -0.39 is 0 Å². The molecule has 1 aromatic rings. The summed E-state index contributed by atoms with van der Waals surface area (Å²) in [5.41, 5.74) is 0.631. The fourth-order valence-electron chi connectivity index (χ4n) is 3.51. The predicted molar refractivity (Wildman–Crippen MR) is 71.1 cm³/mol. The lowest BCUT2D eigenvalue weighted by molar-refractivity contribution is 0.0987. The van der Waals surface area contributed by atoms with Crippen molar-refractivity contribution >= 4 is 11.7 Å². The number of rotatable bonds is 2. The van der Waals surface area contributed by atoms with E-state index >= 15 is 0 Å². The van der Waals surface area contributed by atoms with Gasteiger partial charge in [0.25, 0.3) is 0 Å². The van der Waals surface area contributed by atoms with E-state index in [4.69, 9.17) is 4.42 Å². The van der Waals surface area contributed by atoms with Gasteiger partial charge in [-0.3, -0.25) is 4.79 Å². The quantitative estimate of drug-likeness (QED) is 0.748. The maximum atomic E-state index is 11.2. The Morgan fingerprint density at radius 2 is 1.83 bits per heavy atom. The third-order valence-electron chi connectivity index (χ3n) is 4.74. The van der Waals surface area contributed by atoms with Crippen LogP contribution in [0.15, 0.2) is 16.5 Å². The maximum absolute atomic E-state index is 11.2. The van der Waals surface area contributed by atoms with Crippen LogP contribution in [0, 0.1) is 5.41 Å². The highest BCUT2D eigenvalue weighted by Gasteiger charge is 2.37. The molecule has 3 rings (SSSR count). The minimum atomic E-state index is 0.00511. The van der Waals surface area contributed by atoms with Crippen LogP contribution in [0.1, 0.15) is 56.0 Å². The lowest BCUT2D eigenvalue weighted by atomic mass is 9.77. The molecule has 1 aromatic heterocycles.